The normalized spacial score (nSPS) is 20.6. The van der Waals surface area contributed by atoms with Gasteiger partial charge in [0, 0.05) is 18.2 Å². The van der Waals surface area contributed by atoms with Crippen molar-refractivity contribution in [2.75, 3.05) is 13.2 Å². The third-order valence-corrected chi connectivity index (χ3v) is 5.72. The Kier molecular flexibility index (Phi) is 5.58. The lowest BCUT2D eigenvalue weighted by Gasteiger charge is -2.33. The quantitative estimate of drug-likeness (QED) is 0.741. The van der Waals surface area contributed by atoms with Crippen LogP contribution >= 0.6 is 0 Å². The maximum Gasteiger partial charge on any atom is 0.231 e. The molecule has 5 heteroatoms. The first-order valence-corrected chi connectivity index (χ1v) is 10.3. The number of Topliss-reactive ketones (excluding diaryl/α,β-unsaturated/α-hetero) is 1. The number of hydrogen-bond donors (Lipinski definition) is 1. The fourth-order valence-corrected chi connectivity index (χ4v) is 4.07. The molecule has 4 rings (SSSR count). The van der Waals surface area contributed by atoms with E-state index < -0.39 is 0 Å². The predicted molar refractivity (Wildman–Crippen MR) is 112 cm³/mol. The lowest BCUT2D eigenvalue weighted by atomic mass is 10.0. The van der Waals surface area contributed by atoms with Gasteiger partial charge in [0.2, 0.25) is 5.78 Å². The molecular weight excluding hydrogens is 366 g/mol. The Balaban J connectivity index is 1.66. The molecule has 0 aromatic heterocycles. The summed E-state index contributed by atoms with van der Waals surface area (Å²) in [6.45, 7) is 6.24. The summed E-state index contributed by atoms with van der Waals surface area (Å²) in [5.74, 6) is 1.45. The smallest absolute Gasteiger partial charge is 0.231 e. The summed E-state index contributed by atoms with van der Waals surface area (Å²) in [6, 6.07) is 11.3. The molecule has 2 aliphatic rings. The molecule has 1 atom stereocenters. The Morgan fingerprint density at radius 3 is 2.86 bits per heavy atom. The van der Waals surface area contributed by atoms with E-state index in [1.807, 2.05) is 31.2 Å². The van der Waals surface area contributed by atoms with Gasteiger partial charge in [-0.1, -0.05) is 24.6 Å². The lowest BCUT2D eigenvalue weighted by Crippen LogP contribution is -2.36. The lowest BCUT2D eigenvalue weighted by molar-refractivity contribution is 0.101. The van der Waals surface area contributed by atoms with Crippen molar-refractivity contribution in [2.45, 2.75) is 45.7 Å². The predicted octanol–water partition coefficient (Wildman–Crippen LogP) is 4.78. The number of ether oxygens (including phenoxy) is 2. The highest BCUT2D eigenvalue weighted by molar-refractivity contribution is 6.15. The van der Waals surface area contributed by atoms with Gasteiger partial charge >= 0.3 is 0 Å². The number of hydrogen-bond acceptors (Lipinski definition) is 5. The molecule has 0 aliphatic carbocycles. The van der Waals surface area contributed by atoms with Crippen LogP contribution in [0, 0.1) is 0 Å². The number of likely N-dealkylation sites (tertiary alicyclic amines) is 1. The van der Waals surface area contributed by atoms with Crippen LogP contribution in [0.25, 0.3) is 6.08 Å². The summed E-state index contributed by atoms with van der Waals surface area (Å²) in [4.78, 5) is 15.3. The fourth-order valence-electron chi connectivity index (χ4n) is 4.07. The van der Waals surface area contributed by atoms with Gasteiger partial charge in [0.15, 0.2) is 5.76 Å². The number of nitrogens with zero attached hydrogens (tertiary/aromatic N) is 1. The van der Waals surface area contributed by atoms with Gasteiger partial charge in [-0.2, -0.15) is 0 Å². The Morgan fingerprint density at radius 1 is 1.24 bits per heavy atom. The van der Waals surface area contributed by atoms with Gasteiger partial charge in [-0.3, -0.25) is 9.69 Å². The zero-order valence-electron chi connectivity index (χ0n) is 17.0. The average molecular weight is 393 g/mol. The van der Waals surface area contributed by atoms with Gasteiger partial charge in [0.25, 0.3) is 0 Å². The molecule has 1 N–H and O–H groups in total. The van der Waals surface area contributed by atoms with Gasteiger partial charge in [-0.25, -0.2) is 0 Å². The number of piperidine rings is 1. The van der Waals surface area contributed by atoms with Crippen LogP contribution in [0.4, 0.5) is 0 Å². The van der Waals surface area contributed by atoms with Gasteiger partial charge in [0.1, 0.15) is 17.2 Å². The third kappa shape index (κ3) is 3.87. The first-order valence-electron chi connectivity index (χ1n) is 10.3. The number of phenols is 1. The van der Waals surface area contributed by atoms with E-state index in [0.29, 0.717) is 41.8 Å². The van der Waals surface area contributed by atoms with Gasteiger partial charge in [-0.05, 0) is 57.5 Å². The van der Waals surface area contributed by atoms with Gasteiger partial charge in [-0.15, -0.1) is 0 Å². The average Bonchev–Trinajstić information content (AvgIpc) is 3.03. The van der Waals surface area contributed by atoms with Crippen molar-refractivity contribution in [3.05, 3.63) is 58.8 Å². The second-order valence-corrected chi connectivity index (χ2v) is 7.67. The van der Waals surface area contributed by atoms with Crippen LogP contribution in [0.3, 0.4) is 0 Å². The Labute approximate surface area is 171 Å². The number of ketones is 1. The van der Waals surface area contributed by atoms with Crippen LogP contribution in [0.5, 0.6) is 17.2 Å². The number of fused-ring (bicyclic) bond motifs is 1. The van der Waals surface area contributed by atoms with Gasteiger partial charge < -0.3 is 14.6 Å². The van der Waals surface area contributed by atoms with Crippen molar-refractivity contribution in [2.24, 2.45) is 0 Å². The van der Waals surface area contributed by atoms with E-state index in [4.69, 9.17) is 9.47 Å². The monoisotopic (exact) mass is 393 g/mol. The van der Waals surface area contributed by atoms with Crippen molar-refractivity contribution in [3.8, 4) is 17.2 Å². The maximum absolute atomic E-state index is 13.0. The van der Waals surface area contributed by atoms with Crippen LogP contribution in [-0.2, 0) is 6.54 Å². The largest absolute Gasteiger partial charge is 0.507 e. The molecule has 2 heterocycles. The maximum atomic E-state index is 13.0. The summed E-state index contributed by atoms with van der Waals surface area (Å²) in [5, 5.41) is 10.5. The molecule has 2 aliphatic heterocycles. The van der Waals surface area contributed by atoms with Crippen LogP contribution in [-0.4, -0.2) is 35.0 Å². The first kappa shape index (κ1) is 19.5. The number of carbonyl (C=O) groups is 1. The molecule has 2 aromatic carbocycles. The highest BCUT2D eigenvalue weighted by Gasteiger charge is 2.32. The number of benzene rings is 2. The molecule has 0 radical (unpaired) electrons. The minimum absolute atomic E-state index is 0.167. The molecule has 0 bridgehead atoms. The molecule has 0 amide bonds. The van der Waals surface area contributed by atoms with E-state index in [2.05, 4.69) is 11.8 Å². The Hall–Kier alpha value is -2.79. The molecule has 2 aromatic rings. The van der Waals surface area contributed by atoms with E-state index in [1.165, 1.54) is 6.42 Å². The highest BCUT2D eigenvalue weighted by atomic mass is 16.5. The van der Waals surface area contributed by atoms with Crippen molar-refractivity contribution in [3.63, 3.8) is 0 Å². The van der Waals surface area contributed by atoms with Crippen LogP contribution in [0.2, 0.25) is 0 Å². The molecule has 0 saturated carbocycles. The molecule has 0 spiro atoms. The van der Waals surface area contributed by atoms with Crippen molar-refractivity contribution in [1.82, 2.24) is 4.90 Å². The minimum atomic E-state index is -0.167. The molecule has 5 nitrogen and oxygen atoms in total. The molecule has 29 heavy (non-hydrogen) atoms. The first-order chi connectivity index (χ1) is 14.1. The third-order valence-electron chi connectivity index (χ3n) is 5.72. The zero-order valence-corrected chi connectivity index (χ0v) is 17.0. The van der Waals surface area contributed by atoms with Crippen LogP contribution in [0.1, 0.15) is 54.6 Å². The van der Waals surface area contributed by atoms with E-state index in [9.17, 15) is 9.90 Å². The second kappa shape index (κ2) is 8.29. The number of aromatic hydroxyl groups is 1. The molecule has 0 unspecified atom stereocenters. The van der Waals surface area contributed by atoms with E-state index in [1.54, 1.807) is 18.2 Å². The van der Waals surface area contributed by atoms with Gasteiger partial charge in [0.05, 0.1) is 17.7 Å². The summed E-state index contributed by atoms with van der Waals surface area (Å²) in [5.41, 5.74) is 1.98. The summed E-state index contributed by atoms with van der Waals surface area (Å²) < 4.78 is 11.7. The van der Waals surface area contributed by atoms with E-state index in [0.717, 1.165) is 24.9 Å². The topological polar surface area (TPSA) is 59.0 Å². The van der Waals surface area contributed by atoms with E-state index in [-0.39, 0.29) is 17.3 Å². The number of allylic oxidation sites excluding steroid dienone is 1. The minimum Gasteiger partial charge on any atom is -0.507 e. The molecule has 152 valence electrons. The Bertz CT molecular complexity index is 950. The van der Waals surface area contributed by atoms with Crippen molar-refractivity contribution >= 4 is 11.9 Å². The van der Waals surface area contributed by atoms with Crippen LogP contribution in [0.15, 0.2) is 42.2 Å². The fraction of sp³-hybridized carbons (Fsp3) is 0.375. The van der Waals surface area contributed by atoms with Crippen LogP contribution < -0.4 is 9.47 Å². The summed E-state index contributed by atoms with van der Waals surface area (Å²) >= 11 is 0. The van der Waals surface area contributed by atoms with Crippen molar-refractivity contribution < 1.29 is 19.4 Å². The highest BCUT2D eigenvalue weighted by Crippen LogP contribution is 2.41. The van der Waals surface area contributed by atoms with E-state index >= 15 is 0 Å². The summed E-state index contributed by atoms with van der Waals surface area (Å²) in [6.07, 6.45) is 5.25. The number of para-hydroxylation sites is 1. The summed E-state index contributed by atoms with van der Waals surface area (Å²) in [7, 11) is 0. The molecular formula is C24H27NO4. The number of phenolic OH excluding ortho intramolecular Hbond substituents is 1. The Morgan fingerprint density at radius 2 is 2.07 bits per heavy atom. The SMILES string of the molecule is CCOc1ccccc1C=C1Oc2c(ccc(O)c2CN2CCCC[C@@H]2C)C1=O. The van der Waals surface area contributed by atoms with Crippen molar-refractivity contribution in [1.29, 1.82) is 0 Å². The number of carbonyl (C=O) groups excluding carboxylic acids is 1. The molecule has 1 fully saturated rings. The standard InChI is InChI=1S/C24H27NO4/c1-3-28-21-10-5-4-9-17(21)14-22-23(27)18-11-12-20(26)19(24(18)29-22)15-25-13-7-6-8-16(25)2/h4-5,9-12,14,16,26H,3,6-8,13,15H2,1-2H3/t16-/m0/s1. The zero-order chi connectivity index (χ0) is 20.4. The second-order valence-electron chi connectivity index (χ2n) is 7.67. The number of rotatable bonds is 5. The molecule has 1 saturated heterocycles.